The maximum absolute atomic E-state index is 13.0. The molecule has 1 saturated carbocycles. The van der Waals surface area contributed by atoms with Crippen molar-refractivity contribution in [3.8, 4) is 0 Å². The van der Waals surface area contributed by atoms with Gasteiger partial charge in [-0.2, -0.15) is 5.10 Å². The van der Waals surface area contributed by atoms with E-state index in [1.807, 2.05) is 34.6 Å². The topological polar surface area (TPSA) is 66.8 Å². The lowest BCUT2D eigenvalue weighted by Crippen LogP contribution is -2.38. The van der Waals surface area contributed by atoms with Gasteiger partial charge >= 0.3 is 0 Å². The Labute approximate surface area is 146 Å². The van der Waals surface area contributed by atoms with Crippen LogP contribution in [0.2, 0.25) is 0 Å². The van der Waals surface area contributed by atoms with Crippen LogP contribution < -0.4 is 0 Å². The second-order valence-electron chi connectivity index (χ2n) is 6.24. The molecule has 128 valence electrons. The van der Waals surface area contributed by atoms with Crippen molar-refractivity contribution < 1.29 is 4.79 Å². The van der Waals surface area contributed by atoms with Crippen LogP contribution in [0.5, 0.6) is 0 Å². The van der Waals surface area contributed by atoms with Crippen molar-refractivity contribution in [2.75, 3.05) is 0 Å². The molecule has 1 atom stereocenters. The van der Waals surface area contributed by atoms with Gasteiger partial charge < -0.3 is 4.90 Å². The summed E-state index contributed by atoms with van der Waals surface area (Å²) in [6.07, 6.45) is 5.65. The van der Waals surface area contributed by atoms with E-state index < -0.39 is 0 Å². The molecule has 0 spiro atoms. The minimum Gasteiger partial charge on any atom is -0.330 e. The van der Waals surface area contributed by atoms with E-state index in [-0.39, 0.29) is 18.5 Å². The molecule has 2 aromatic heterocycles. The molecule has 6 nitrogen and oxygen atoms in total. The van der Waals surface area contributed by atoms with Gasteiger partial charge in [-0.1, -0.05) is 13.0 Å². The molecule has 1 aliphatic rings. The summed E-state index contributed by atoms with van der Waals surface area (Å²) in [6.45, 7) is 4.36. The number of nitrogens with zero attached hydrogens (tertiary/aromatic N) is 4. The fraction of sp³-hybridized carbons (Fsp3) is 0.529. The van der Waals surface area contributed by atoms with Crippen molar-refractivity contribution in [1.82, 2.24) is 24.6 Å². The molecule has 1 aliphatic carbocycles. The summed E-state index contributed by atoms with van der Waals surface area (Å²) >= 11 is 5.29. The highest BCUT2D eigenvalue weighted by Gasteiger charge is 2.36. The summed E-state index contributed by atoms with van der Waals surface area (Å²) in [6, 6.07) is 6.09. The number of aromatic amines is 1. The molecule has 7 heteroatoms. The first-order valence-corrected chi connectivity index (χ1v) is 8.88. The third-order valence-electron chi connectivity index (χ3n) is 4.37. The van der Waals surface area contributed by atoms with Gasteiger partial charge in [-0.25, -0.2) is 0 Å². The van der Waals surface area contributed by atoms with Crippen LogP contribution in [0.25, 0.3) is 0 Å². The number of aryl methyl sites for hydroxylation is 1. The first kappa shape index (κ1) is 16.8. The second-order valence-corrected chi connectivity index (χ2v) is 6.63. The first-order chi connectivity index (χ1) is 11.6. The predicted molar refractivity (Wildman–Crippen MR) is 93.9 cm³/mol. The molecule has 1 fully saturated rings. The third-order valence-corrected chi connectivity index (χ3v) is 4.68. The fourth-order valence-corrected chi connectivity index (χ4v) is 3.21. The molecule has 0 aliphatic heterocycles. The Morgan fingerprint density at radius 3 is 2.92 bits per heavy atom. The van der Waals surface area contributed by atoms with Gasteiger partial charge in [0.2, 0.25) is 5.91 Å². The van der Waals surface area contributed by atoms with Crippen molar-refractivity contribution in [2.45, 2.75) is 58.2 Å². The average molecular weight is 345 g/mol. The summed E-state index contributed by atoms with van der Waals surface area (Å²) in [5.41, 5.74) is 0.919. The maximum Gasteiger partial charge on any atom is 0.243 e. The molecule has 3 rings (SSSR count). The van der Waals surface area contributed by atoms with E-state index in [2.05, 4.69) is 22.1 Å². The largest absolute Gasteiger partial charge is 0.330 e. The summed E-state index contributed by atoms with van der Waals surface area (Å²) in [5, 5.41) is 7.05. The number of nitrogens with one attached hydrogen (secondary N) is 1. The number of hydrogen-bond donors (Lipinski definition) is 1. The van der Waals surface area contributed by atoms with E-state index >= 15 is 0 Å². The number of carbonyl (C=O) groups excluding carboxylic acids is 1. The first-order valence-electron chi connectivity index (χ1n) is 8.48. The quantitative estimate of drug-likeness (QED) is 0.783. The van der Waals surface area contributed by atoms with E-state index in [1.54, 1.807) is 6.20 Å². The minimum atomic E-state index is -0.0399. The molecule has 2 heterocycles. The Balaban J connectivity index is 1.81. The van der Waals surface area contributed by atoms with Gasteiger partial charge in [0.25, 0.3) is 0 Å². The fourth-order valence-electron chi connectivity index (χ4n) is 3.00. The lowest BCUT2D eigenvalue weighted by atomic mass is 10.1. The summed E-state index contributed by atoms with van der Waals surface area (Å²) in [7, 11) is 0. The van der Waals surface area contributed by atoms with E-state index in [1.165, 1.54) is 0 Å². The van der Waals surface area contributed by atoms with Gasteiger partial charge in [-0.3, -0.25) is 19.4 Å². The number of H-pyrrole nitrogens is 1. The SMILES string of the molecule is CCCc1n[nH]c(=S)n1CC(=O)N(C1CC1)[C@H](C)c1ccccn1. The van der Waals surface area contributed by atoms with Crippen molar-refractivity contribution in [1.29, 1.82) is 0 Å². The van der Waals surface area contributed by atoms with Crippen LogP contribution in [0.1, 0.15) is 50.7 Å². The number of rotatable bonds is 7. The number of carbonyl (C=O) groups is 1. The Morgan fingerprint density at radius 2 is 2.29 bits per heavy atom. The molecule has 0 unspecified atom stereocenters. The van der Waals surface area contributed by atoms with Gasteiger partial charge in [0.1, 0.15) is 12.4 Å². The van der Waals surface area contributed by atoms with Crippen molar-refractivity contribution >= 4 is 18.1 Å². The molecular weight excluding hydrogens is 322 g/mol. The zero-order valence-electron chi connectivity index (χ0n) is 14.1. The van der Waals surface area contributed by atoms with Crippen LogP contribution in [-0.4, -0.2) is 36.6 Å². The number of hydrogen-bond acceptors (Lipinski definition) is 4. The van der Waals surface area contributed by atoms with E-state index in [0.29, 0.717) is 10.8 Å². The van der Waals surface area contributed by atoms with Crippen molar-refractivity contribution in [2.24, 2.45) is 0 Å². The van der Waals surface area contributed by atoms with Crippen LogP contribution in [0.3, 0.4) is 0 Å². The van der Waals surface area contributed by atoms with Crippen LogP contribution >= 0.6 is 12.2 Å². The third kappa shape index (κ3) is 3.56. The highest BCUT2D eigenvalue weighted by molar-refractivity contribution is 7.71. The summed E-state index contributed by atoms with van der Waals surface area (Å²) < 4.78 is 2.33. The van der Waals surface area contributed by atoms with E-state index in [9.17, 15) is 4.79 Å². The molecular formula is C17H23N5OS. The van der Waals surface area contributed by atoms with Gasteiger partial charge in [-0.05, 0) is 50.5 Å². The van der Waals surface area contributed by atoms with Gasteiger partial charge in [0.15, 0.2) is 4.77 Å². The van der Waals surface area contributed by atoms with Crippen molar-refractivity contribution in [3.05, 3.63) is 40.7 Å². The monoisotopic (exact) mass is 345 g/mol. The van der Waals surface area contributed by atoms with Gasteiger partial charge in [0, 0.05) is 18.7 Å². The van der Waals surface area contributed by atoms with Crippen LogP contribution in [-0.2, 0) is 17.8 Å². The normalized spacial score (nSPS) is 15.2. The Kier molecular flexibility index (Phi) is 5.08. The Bertz CT molecular complexity index is 750. The molecule has 0 saturated heterocycles. The molecule has 1 N–H and O–H groups in total. The molecule has 2 aromatic rings. The van der Waals surface area contributed by atoms with Crippen LogP contribution in [0.15, 0.2) is 24.4 Å². The van der Waals surface area contributed by atoms with Crippen LogP contribution in [0, 0.1) is 4.77 Å². The van der Waals surface area contributed by atoms with Gasteiger partial charge in [-0.15, -0.1) is 0 Å². The number of amides is 1. The average Bonchev–Trinajstić information content (AvgIpc) is 3.36. The lowest BCUT2D eigenvalue weighted by molar-refractivity contribution is -0.134. The lowest BCUT2D eigenvalue weighted by Gasteiger charge is -2.29. The standard InChI is InChI=1S/C17H23N5OS/c1-3-6-15-19-20-17(24)21(15)11-16(23)22(13-8-9-13)12(2)14-7-4-5-10-18-14/h4-5,7,10,12-13H,3,6,8-9,11H2,1-2H3,(H,20,24)/t12-/m1/s1. The number of pyridine rings is 1. The van der Waals surface area contributed by atoms with Gasteiger partial charge in [0.05, 0.1) is 11.7 Å². The van der Waals surface area contributed by atoms with Crippen LogP contribution in [0.4, 0.5) is 0 Å². The zero-order valence-corrected chi connectivity index (χ0v) is 14.9. The molecule has 0 radical (unpaired) electrons. The predicted octanol–water partition coefficient (Wildman–Crippen LogP) is 3.04. The number of aromatic nitrogens is 4. The summed E-state index contributed by atoms with van der Waals surface area (Å²) in [4.78, 5) is 19.4. The maximum atomic E-state index is 13.0. The molecule has 1 amide bonds. The van der Waals surface area contributed by atoms with E-state index in [4.69, 9.17) is 12.2 Å². The highest BCUT2D eigenvalue weighted by Crippen LogP contribution is 2.34. The Morgan fingerprint density at radius 1 is 1.50 bits per heavy atom. The smallest absolute Gasteiger partial charge is 0.243 e. The Hall–Kier alpha value is -2.02. The molecule has 0 aromatic carbocycles. The zero-order chi connectivity index (χ0) is 17.1. The summed E-state index contributed by atoms with van der Waals surface area (Å²) in [5.74, 6) is 0.919. The molecule has 0 bridgehead atoms. The van der Waals surface area contributed by atoms with Crippen molar-refractivity contribution in [3.63, 3.8) is 0 Å². The molecule has 24 heavy (non-hydrogen) atoms. The van der Waals surface area contributed by atoms with E-state index in [0.717, 1.165) is 37.2 Å². The second kappa shape index (κ2) is 7.25. The highest BCUT2D eigenvalue weighted by atomic mass is 32.1. The minimum absolute atomic E-state index is 0.0399.